The molecule has 1 aromatic heterocycles. The normalized spacial score (nSPS) is 11.1. The van der Waals surface area contributed by atoms with E-state index in [0.29, 0.717) is 13.1 Å². The maximum atomic E-state index is 11.5. The number of aryl methyl sites for hydroxylation is 1. The van der Waals surface area contributed by atoms with Crippen molar-refractivity contribution >= 4 is 35.8 Å². The van der Waals surface area contributed by atoms with Crippen molar-refractivity contribution in [3.63, 3.8) is 0 Å². The highest BCUT2D eigenvalue weighted by Crippen LogP contribution is 1.94. The lowest BCUT2D eigenvalue weighted by atomic mass is 10.2. The summed E-state index contributed by atoms with van der Waals surface area (Å²) in [7, 11) is 0. The molecular formula is C15H30IN7O. The van der Waals surface area contributed by atoms with Crippen LogP contribution in [0.25, 0.3) is 0 Å². The largest absolute Gasteiger partial charge is 0.357 e. The number of carbonyl (C=O) groups is 1. The van der Waals surface area contributed by atoms with Crippen molar-refractivity contribution in [1.29, 1.82) is 0 Å². The number of guanidine groups is 1. The fourth-order valence-corrected chi connectivity index (χ4v) is 1.93. The molecule has 8 nitrogen and oxygen atoms in total. The second-order valence-electron chi connectivity index (χ2n) is 5.43. The monoisotopic (exact) mass is 451 g/mol. The first-order valence-corrected chi connectivity index (χ1v) is 8.25. The summed E-state index contributed by atoms with van der Waals surface area (Å²) in [5.41, 5.74) is 0. The van der Waals surface area contributed by atoms with Crippen LogP contribution in [0.15, 0.2) is 11.3 Å². The maximum absolute atomic E-state index is 11.5. The summed E-state index contributed by atoms with van der Waals surface area (Å²) in [5, 5.41) is 17.3. The Balaban J connectivity index is 0.00000529. The Bertz CT molecular complexity index is 502. The van der Waals surface area contributed by atoms with Gasteiger partial charge in [0, 0.05) is 38.5 Å². The number of rotatable bonds is 9. The molecule has 0 unspecified atom stereocenters. The molecule has 0 saturated heterocycles. The number of hydrogen-bond acceptors (Lipinski definition) is 4. The van der Waals surface area contributed by atoms with E-state index in [1.54, 1.807) is 6.33 Å². The van der Waals surface area contributed by atoms with Crippen molar-refractivity contribution in [3.05, 3.63) is 12.2 Å². The molecule has 0 spiro atoms. The van der Waals surface area contributed by atoms with Gasteiger partial charge in [0.2, 0.25) is 5.91 Å². The molecule has 0 radical (unpaired) electrons. The van der Waals surface area contributed by atoms with Crippen LogP contribution < -0.4 is 16.0 Å². The standard InChI is InChI=1S/C15H29N7O.HI/c1-5-13-21-20-11-22(13)10-9-19-15(16-6-2)18-8-7-17-14(23)12(3)4;/h11-12H,5-10H2,1-4H3,(H,17,23)(H2,16,18,19);1H. The number of aromatic nitrogens is 3. The van der Waals surface area contributed by atoms with Crippen LogP contribution in [-0.2, 0) is 17.8 Å². The van der Waals surface area contributed by atoms with E-state index < -0.39 is 0 Å². The Morgan fingerprint density at radius 2 is 2.00 bits per heavy atom. The number of halogens is 1. The highest BCUT2D eigenvalue weighted by Gasteiger charge is 2.05. The van der Waals surface area contributed by atoms with Crippen molar-refractivity contribution in [2.75, 3.05) is 26.2 Å². The van der Waals surface area contributed by atoms with E-state index in [-0.39, 0.29) is 35.8 Å². The van der Waals surface area contributed by atoms with E-state index in [0.717, 1.165) is 37.8 Å². The SMILES string of the molecule is CCNC(=NCCNC(=O)C(C)C)NCCn1cnnc1CC.I. The Hall–Kier alpha value is -1.39. The smallest absolute Gasteiger partial charge is 0.222 e. The molecule has 1 rings (SSSR count). The van der Waals surface area contributed by atoms with E-state index in [2.05, 4.69) is 38.1 Å². The zero-order chi connectivity index (χ0) is 17.1. The molecule has 3 N–H and O–H groups in total. The molecule has 0 bridgehead atoms. The van der Waals surface area contributed by atoms with Gasteiger partial charge in [0.15, 0.2) is 5.96 Å². The number of nitrogens with one attached hydrogen (secondary N) is 3. The molecule has 0 fully saturated rings. The molecule has 0 aliphatic rings. The number of carbonyl (C=O) groups excluding carboxylic acids is 1. The third-order valence-corrected chi connectivity index (χ3v) is 3.21. The summed E-state index contributed by atoms with van der Waals surface area (Å²) in [6, 6.07) is 0. The highest BCUT2D eigenvalue weighted by atomic mass is 127. The fraction of sp³-hybridized carbons (Fsp3) is 0.733. The second-order valence-corrected chi connectivity index (χ2v) is 5.43. The van der Waals surface area contributed by atoms with Crippen LogP contribution in [0.1, 0.15) is 33.5 Å². The van der Waals surface area contributed by atoms with Crippen LogP contribution in [0.4, 0.5) is 0 Å². The zero-order valence-corrected chi connectivity index (χ0v) is 17.3. The van der Waals surface area contributed by atoms with Crippen LogP contribution in [0.5, 0.6) is 0 Å². The van der Waals surface area contributed by atoms with Crippen molar-refractivity contribution in [3.8, 4) is 0 Å². The number of nitrogens with zero attached hydrogens (tertiary/aromatic N) is 4. The van der Waals surface area contributed by atoms with Crippen LogP contribution in [-0.4, -0.2) is 52.8 Å². The van der Waals surface area contributed by atoms with E-state index in [1.807, 2.05) is 25.3 Å². The van der Waals surface area contributed by atoms with Gasteiger partial charge >= 0.3 is 0 Å². The minimum absolute atomic E-state index is 0. The lowest BCUT2D eigenvalue weighted by Gasteiger charge is -2.12. The minimum atomic E-state index is 0. The van der Waals surface area contributed by atoms with Gasteiger partial charge in [-0.05, 0) is 6.92 Å². The first-order chi connectivity index (χ1) is 11.1. The number of aliphatic imine (C=N–C) groups is 1. The zero-order valence-electron chi connectivity index (χ0n) is 15.0. The molecule has 9 heteroatoms. The molecule has 1 amide bonds. The van der Waals surface area contributed by atoms with Crippen LogP contribution in [0.2, 0.25) is 0 Å². The van der Waals surface area contributed by atoms with Gasteiger partial charge in [-0.3, -0.25) is 9.79 Å². The van der Waals surface area contributed by atoms with Crippen LogP contribution in [0.3, 0.4) is 0 Å². The molecule has 138 valence electrons. The van der Waals surface area contributed by atoms with Crippen molar-refractivity contribution in [2.24, 2.45) is 10.9 Å². The Morgan fingerprint density at radius 3 is 2.62 bits per heavy atom. The Labute approximate surface area is 161 Å². The molecule has 1 heterocycles. The number of hydrogen-bond donors (Lipinski definition) is 3. The Kier molecular flexibility index (Phi) is 12.2. The van der Waals surface area contributed by atoms with Crippen molar-refractivity contribution in [1.82, 2.24) is 30.7 Å². The Morgan fingerprint density at radius 1 is 1.25 bits per heavy atom. The van der Waals surface area contributed by atoms with Gasteiger partial charge < -0.3 is 20.5 Å². The molecule has 0 atom stereocenters. The third kappa shape index (κ3) is 8.46. The minimum Gasteiger partial charge on any atom is -0.357 e. The second kappa shape index (κ2) is 13.0. The van der Waals surface area contributed by atoms with Gasteiger partial charge in [-0.2, -0.15) is 0 Å². The molecule has 0 aliphatic carbocycles. The molecule has 0 saturated carbocycles. The first kappa shape index (κ1) is 22.6. The predicted octanol–water partition coefficient (Wildman–Crippen LogP) is 0.786. The van der Waals surface area contributed by atoms with E-state index in [1.165, 1.54) is 0 Å². The number of amides is 1. The maximum Gasteiger partial charge on any atom is 0.222 e. The fourth-order valence-electron chi connectivity index (χ4n) is 1.93. The van der Waals surface area contributed by atoms with Gasteiger partial charge in [-0.15, -0.1) is 34.2 Å². The summed E-state index contributed by atoms with van der Waals surface area (Å²) in [5.74, 6) is 1.78. The first-order valence-electron chi connectivity index (χ1n) is 8.25. The summed E-state index contributed by atoms with van der Waals surface area (Å²) in [6.07, 6.45) is 2.61. The summed E-state index contributed by atoms with van der Waals surface area (Å²) in [4.78, 5) is 15.9. The van der Waals surface area contributed by atoms with Gasteiger partial charge in [-0.1, -0.05) is 20.8 Å². The molecular weight excluding hydrogens is 421 g/mol. The van der Waals surface area contributed by atoms with Crippen LogP contribution in [0, 0.1) is 5.92 Å². The average molecular weight is 451 g/mol. The van der Waals surface area contributed by atoms with Crippen molar-refractivity contribution < 1.29 is 4.79 Å². The van der Waals surface area contributed by atoms with Gasteiger partial charge in [-0.25, -0.2) is 0 Å². The van der Waals surface area contributed by atoms with E-state index in [9.17, 15) is 4.79 Å². The molecule has 1 aromatic rings. The van der Waals surface area contributed by atoms with Gasteiger partial charge in [0.05, 0.1) is 6.54 Å². The lowest BCUT2D eigenvalue weighted by Crippen LogP contribution is -2.39. The predicted molar refractivity (Wildman–Crippen MR) is 107 cm³/mol. The van der Waals surface area contributed by atoms with E-state index in [4.69, 9.17) is 0 Å². The van der Waals surface area contributed by atoms with Gasteiger partial charge in [0.25, 0.3) is 0 Å². The van der Waals surface area contributed by atoms with E-state index >= 15 is 0 Å². The third-order valence-electron chi connectivity index (χ3n) is 3.21. The molecule has 0 aliphatic heterocycles. The summed E-state index contributed by atoms with van der Waals surface area (Å²) >= 11 is 0. The average Bonchev–Trinajstić information content (AvgIpc) is 2.98. The van der Waals surface area contributed by atoms with Crippen molar-refractivity contribution in [2.45, 2.75) is 40.7 Å². The molecule has 24 heavy (non-hydrogen) atoms. The van der Waals surface area contributed by atoms with Crippen LogP contribution >= 0.6 is 24.0 Å². The highest BCUT2D eigenvalue weighted by molar-refractivity contribution is 14.0. The summed E-state index contributed by atoms with van der Waals surface area (Å²) in [6.45, 7) is 11.2. The van der Waals surface area contributed by atoms with Gasteiger partial charge in [0.1, 0.15) is 12.2 Å². The topological polar surface area (TPSA) is 96.2 Å². The molecule has 0 aromatic carbocycles. The summed E-state index contributed by atoms with van der Waals surface area (Å²) < 4.78 is 2.03. The lowest BCUT2D eigenvalue weighted by molar-refractivity contribution is -0.123. The quantitative estimate of drug-likeness (QED) is 0.223.